The molecule has 7 heterocycles. The Morgan fingerprint density at radius 1 is 1.07 bits per heavy atom. The van der Waals surface area contributed by atoms with Crippen LogP contribution in [0.1, 0.15) is 65.4 Å². The summed E-state index contributed by atoms with van der Waals surface area (Å²) in [5.41, 5.74) is 0.506. The maximum atomic E-state index is 17.6. The summed E-state index contributed by atoms with van der Waals surface area (Å²) in [6, 6.07) is 8.94. The zero-order valence-corrected chi connectivity index (χ0v) is 32.1. The molecule has 55 heavy (non-hydrogen) atoms. The molecule has 9 rings (SSSR count). The molecule has 2 aromatic carbocycles. The third-order valence-corrected chi connectivity index (χ3v) is 12.0. The molecule has 0 spiro atoms. The predicted molar refractivity (Wildman–Crippen MR) is 202 cm³/mol. The summed E-state index contributed by atoms with van der Waals surface area (Å²) in [4.78, 5) is 34.4. The normalized spacial score (nSPS) is 25.9. The highest BCUT2D eigenvalue weighted by Crippen LogP contribution is 2.47. The molecule has 2 bridgehead atoms. The molecule has 1 amide bonds. The van der Waals surface area contributed by atoms with E-state index in [1.54, 1.807) is 13.2 Å². The van der Waals surface area contributed by atoms with E-state index in [4.69, 9.17) is 38.6 Å². The van der Waals surface area contributed by atoms with Gasteiger partial charge in [-0.3, -0.25) is 9.80 Å². The Balaban J connectivity index is 1.20. The van der Waals surface area contributed by atoms with Crippen LogP contribution in [0.5, 0.6) is 17.6 Å². The van der Waals surface area contributed by atoms with Gasteiger partial charge in [0.15, 0.2) is 12.6 Å². The minimum atomic E-state index is -0.930. The van der Waals surface area contributed by atoms with E-state index in [9.17, 15) is 9.18 Å². The molecule has 0 radical (unpaired) electrons. The first kappa shape index (κ1) is 36.1. The Bertz CT molecular complexity index is 2170. The summed E-state index contributed by atoms with van der Waals surface area (Å²) >= 11 is 0. The topological polar surface area (TPSA) is 112 Å². The van der Waals surface area contributed by atoms with Crippen LogP contribution in [0.25, 0.3) is 32.9 Å². The van der Waals surface area contributed by atoms with Gasteiger partial charge in [-0.2, -0.15) is 9.97 Å². The van der Waals surface area contributed by atoms with Gasteiger partial charge in [0.1, 0.15) is 53.2 Å². The Hall–Kier alpha value is -4.56. The van der Waals surface area contributed by atoms with Gasteiger partial charge in [0.25, 0.3) is 0 Å². The molecule has 0 unspecified atom stereocenters. The van der Waals surface area contributed by atoms with Crippen molar-refractivity contribution in [2.45, 2.75) is 102 Å². The fraction of sp³-hybridized carbons (Fsp3) is 0.561. The van der Waals surface area contributed by atoms with E-state index in [1.165, 1.54) is 0 Å². The number of fused-ring (bicyclic) bond motifs is 7. The summed E-state index contributed by atoms with van der Waals surface area (Å²) in [7, 11) is 1.54. The van der Waals surface area contributed by atoms with Crippen LogP contribution in [-0.2, 0) is 15.9 Å². The number of alkyl halides is 1. The van der Waals surface area contributed by atoms with Crippen LogP contribution in [-0.4, -0.2) is 113 Å². The number of pyridine rings is 1. The number of anilines is 1. The molecule has 14 heteroatoms. The number of methoxy groups -OCH3 is 1. The standard InChI is InChI=1S/C41H48F2N6O6/c1-6-23-9-7-10-24-15-27(54-22-51-5)16-28(31(23)24)34-33(43)35-32-36(46-38(45-35)53-21-41-13-8-14-47(41)18-25(42)17-41)48-19-26-11-12-29(30(48)20-52-37(32)44-34)49(26)39(50)55-40(2,3)4/h7,9-10,15-16,25-26,29-30H,6,8,11-14,17-22H2,1-5H3/t25-,26+,29-,30-,41-/m0/s1. The van der Waals surface area contributed by atoms with E-state index in [-0.39, 0.29) is 67.3 Å². The molecule has 0 N–H and O–H groups in total. The van der Waals surface area contributed by atoms with Crippen molar-refractivity contribution >= 4 is 33.6 Å². The first-order valence-electron chi connectivity index (χ1n) is 19.5. The lowest BCUT2D eigenvalue weighted by atomic mass is 9.94. The van der Waals surface area contributed by atoms with Crippen LogP contribution >= 0.6 is 0 Å². The maximum absolute atomic E-state index is 17.6. The highest BCUT2D eigenvalue weighted by Gasteiger charge is 2.52. The van der Waals surface area contributed by atoms with Gasteiger partial charge in [0.05, 0.1) is 23.7 Å². The number of aryl methyl sites for hydroxylation is 1. The monoisotopic (exact) mass is 758 g/mol. The summed E-state index contributed by atoms with van der Waals surface area (Å²) in [6.07, 6.45) is 3.08. The van der Waals surface area contributed by atoms with Crippen LogP contribution in [0.4, 0.5) is 19.4 Å². The maximum Gasteiger partial charge on any atom is 0.410 e. The lowest BCUT2D eigenvalue weighted by molar-refractivity contribution is 0.00537. The number of hydrogen-bond acceptors (Lipinski definition) is 11. The van der Waals surface area contributed by atoms with Crippen molar-refractivity contribution in [1.82, 2.24) is 24.8 Å². The van der Waals surface area contributed by atoms with E-state index in [1.807, 2.05) is 49.9 Å². The smallest absolute Gasteiger partial charge is 0.410 e. The Labute approximate surface area is 319 Å². The van der Waals surface area contributed by atoms with Gasteiger partial charge >= 0.3 is 12.1 Å². The number of halogens is 2. The lowest BCUT2D eigenvalue weighted by Crippen LogP contribution is -2.63. The van der Waals surface area contributed by atoms with Gasteiger partial charge in [-0.05, 0) is 87.9 Å². The average molecular weight is 759 g/mol. The number of carbonyl (C=O) groups is 1. The Morgan fingerprint density at radius 3 is 2.73 bits per heavy atom. The number of rotatable bonds is 8. The molecule has 12 nitrogen and oxygen atoms in total. The number of hydrogen-bond donors (Lipinski definition) is 0. The average Bonchev–Trinajstić information content (AvgIpc) is 3.76. The third kappa shape index (κ3) is 6.16. The van der Waals surface area contributed by atoms with Gasteiger partial charge < -0.3 is 28.6 Å². The first-order chi connectivity index (χ1) is 26.5. The van der Waals surface area contributed by atoms with Crippen LogP contribution in [0, 0.1) is 5.82 Å². The van der Waals surface area contributed by atoms with E-state index in [0.29, 0.717) is 48.4 Å². The summed E-state index contributed by atoms with van der Waals surface area (Å²) in [5.74, 6) is 0.495. The number of amides is 1. The number of aromatic nitrogens is 3. The van der Waals surface area contributed by atoms with Gasteiger partial charge in [0, 0.05) is 32.2 Å². The second-order valence-corrected chi connectivity index (χ2v) is 16.6. The molecule has 5 aliphatic heterocycles. The number of benzene rings is 2. The quantitative estimate of drug-likeness (QED) is 0.176. The molecule has 0 aliphatic carbocycles. The molecule has 4 saturated heterocycles. The summed E-state index contributed by atoms with van der Waals surface area (Å²) in [6.45, 7) is 9.64. The molecule has 292 valence electrons. The molecular weight excluding hydrogens is 710 g/mol. The number of carbonyl (C=O) groups excluding carboxylic acids is 1. The van der Waals surface area contributed by atoms with Crippen LogP contribution < -0.4 is 19.1 Å². The van der Waals surface area contributed by atoms with Crippen molar-refractivity contribution in [3.63, 3.8) is 0 Å². The molecule has 5 aliphatic rings. The van der Waals surface area contributed by atoms with Gasteiger partial charge in [-0.15, -0.1) is 0 Å². The van der Waals surface area contributed by atoms with E-state index < -0.39 is 23.1 Å². The van der Waals surface area contributed by atoms with Gasteiger partial charge in [-0.25, -0.2) is 18.6 Å². The van der Waals surface area contributed by atoms with Gasteiger partial charge in [0.2, 0.25) is 5.88 Å². The van der Waals surface area contributed by atoms with Crippen LogP contribution in [0.3, 0.4) is 0 Å². The largest absolute Gasteiger partial charge is 0.475 e. The van der Waals surface area contributed by atoms with Crippen molar-refractivity contribution in [3.8, 4) is 28.9 Å². The van der Waals surface area contributed by atoms with E-state index in [0.717, 1.165) is 48.6 Å². The lowest BCUT2D eigenvalue weighted by Gasteiger charge is -2.46. The fourth-order valence-corrected chi connectivity index (χ4v) is 9.72. The van der Waals surface area contributed by atoms with Crippen molar-refractivity contribution in [3.05, 3.63) is 41.7 Å². The summed E-state index contributed by atoms with van der Waals surface area (Å²) < 4.78 is 62.3. The van der Waals surface area contributed by atoms with Crippen molar-refractivity contribution in [2.75, 3.05) is 51.7 Å². The summed E-state index contributed by atoms with van der Waals surface area (Å²) in [5, 5.41) is 2.05. The predicted octanol–water partition coefficient (Wildman–Crippen LogP) is 6.83. The molecule has 2 aromatic heterocycles. The SMILES string of the molecule is CCc1cccc2cc(OCOC)cc(-c3nc4c5c(nc(OC[C@@]67CCCN6C[C@@H](F)C7)nc5c3F)N3C[C@H]5CC[C@@H]([C@@H]3CO4)N5C(=O)OC(C)(C)C)c12. The molecule has 4 fully saturated rings. The fourth-order valence-electron chi connectivity index (χ4n) is 9.72. The van der Waals surface area contributed by atoms with E-state index in [2.05, 4.69) is 16.7 Å². The second kappa shape index (κ2) is 13.6. The molecular formula is C41H48F2N6O6. The number of piperazine rings is 1. The highest BCUT2D eigenvalue weighted by molar-refractivity contribution is 6.03. The zero-order chi connectivity index (χ0) is 38.2. The Kier molecular flexibility index (Phi) is 8.91. The van der Waals surface area contributed by atoms with Crippen molar-refractivity contribution in [2.24, 2.45) is 0 Å². The zero-order valence-electron chi connectivity index (χ0n) is 32.1. The van der Waals surface area contributed by atoms with Crippen LogP contribution in [0.15, 0.2) is 30.3 Å². The Morgan fingerprint density at radius 2 is 1.93 bits per heavy atom. The van der Waals surface area contributed by atoms with Crippen molar-refractivity contribution < 1.29 is 37.3 Å². The molecule has 0 saturated carbocycles. The molecule has 4 aromatic rings. The van der Waals surface area contributed by atoms with Crippen LogP contribution in [0.2, 0.25) is 0 Å². The first-order valence-corrected chi connectivity index (χ1v) is 19.5. The third-order valence-electron chi connectivity index (χ3n) is 12.0. The second-order valence-electron chi connectivity index (χ2n) is 16.6. The highest BCUT2D eigenvalue weighted by atomic mass is 19.1. The number of ether oxygens (including phenoxy) is 5. The number of nitrogens with zero attached hydrogens (tertiary/aromatic N) is 6. The van der Waals surface area contributed by atoms with Crippen molar-refractivity contribution in [1.29, 1.82) is 0 Å². The minimum absolute atomic E-state index is 0.00638. The van der Waals surface area contributed by atoms with E-state index >= 15 is 4.39 Å². The minimum Gasteiger partial charge on any atom is -0.475 e. The molecule has 5 atom stereocenters. The van der Waals surface area contributed by atoms with Gasteiger partial charge in [-0.1, -0.05) is 25.1 Å².